The molecule has 2 unspecified atom stereocenters. The van der Waals surface area contributed by atoms with Gasteiger partial charge in [0.2, 0.25) is 11.9 Å². The summed E-state index contributed by atoms with van der Waals surface area (Å²) in [5.41, 5.74) is 2.90. The number of nitrogens with zero attached hydrogens (tertiary/aromatic N) is 3. The first-order chi connectivity index (χ1) is 17.4. The third-order valence-electron chi connectivity index (χ3n) is 6.07. The Labute approximate surface area is 213 Å². The van der Waals surface area contributed by atoms with Gasteiger partial charge in [-0.05, 0) is 67.3 Å². The maximum Gasteiger partial charge on any atom is 0.417 e. The van der Waals surface area contributed by atoms with Crippen molar-refractivity contribution in [3.63, 3.8) is 0 Å². The molecule has 1 aliphatic rings. The number of aryl methyl sites for hydroxylation is 1. The summed E-state index contributed by atoms with van der Waals surface area (Å²) in [6.45, 7) is 3.11. The lowest BCUT2D eigenvalue weighted by atomic mass is 9.93. The molecule has 0 spiro atoms. The van der Waals surface area contributed by atoms with Gasteiger partial charge in [-0.1, -0.05) is 21.4 Å². The molecule has 200 valence electrons. The number of aromatic amines is 1. The van der Waals surface area contributed by atoms with Gasteiger partial charge in [-0.2, -0.15) is 18.2 Å². The maximum absolute atomic E-state index is 14.0. The van der Waals surface area contributed by atoms with Gasteiger partial charge in [-0.25, -0.2) is 13.9 Å². The van der Waals surface area contributed by atoms with Crippen molar-refractivity contribution in [2.45, 2.75) is 44.1 Å². The number of benzene rings is 2. The van der Waals surface area contributed by atoms with Crippen molar-refractivity contribution in [3.05, 3.63) is 47.5 Å². The van der Waals surface area contributed by atoms with Crippen molar-refractivity contribution < 1.29 is 26.7 Å². The fourth-order valence-electron chi connectivity index (χ4n) is 4.44. The number of aromatic nitrogens is 3. The summed E-state index contributed by atoms with van der Waals surface area (Å²) < 4.78 is 74.5. The van der Waals surface area contributed by atoms with Gasteiger partial charge in [-0.3, -0.25) is 4.90 Å². The van der Waals surface area contributed by atoms with Crippen LogP contribution in [0.4, 0.5) is 39.5 Å². The van der Waals surface area contributed by atoms with Crippen molar-refractivity contribution in [1.29, 1.82) is 0 Å². The number of alkyl halides is 5. The standard InChI is InChI=1S/C24H28F5N6OP/c1-14-11-16(31-22-32-21(30)33-34-22)12-19(24(27,28)29)20(14)15-4-6-17(7-5-15)36-18-3-2-9-35(13-18)10-8-23(25,26)37/h4-7,11-12,18H,2-3,8-10,13,37H2,1H3,(H4,30,31,32,33,34). The Hall–Kier alpha value is -2.98. The Bertz CT molecular complexity index is 1210. The number of rotatable bonds is 8. The molecule has 2 aromatic carbocycles. The number of hydrogen-bond acceptors (Lipinski definition) is 6. The van der Waals surface area contributed by atoms with Gasteiger partial charge in [0, 0.05) is 25.2 Å². The van der Waals surface area contributed by atoms with Crippen LogP contribution in [0.2, 0.25) is 0 Å². The number of nitrogens with one attached hydrogen (secondary N) is 2. The van der Waals surface area contributed by atoms with E-state index in [1.54, 1.807) is 46.5 Å². The molecule has 0 aliphatic carbocycles. The molecule has 0 amide bonds. The van der Waals surface area contributed by atoms with Crippen LogP contribution in [-0.2, 0) is 6.18 Å². The van der Waals surface area contributed by atoms with Crippen molar-refractivity contribution in [2.24, 2.45) is 0 Å². The molecule has 7 nitrogen and oxygen atoms in total. The van der Waals surface area contributed by atoms with Crippen LogP contribution in [-0.4, -0.2) is 51.5 Å². The molecule has 4 N–H and O–H groups in total. The fraction of sp³-hybridized carbons (Fsp3) is 0.417. The van der Waals surface area contributed by atoms with Crippen LogP contribution in [0.3, 0.4) is 0 Å². The average Bonchev–Trinajstić information content (AvgIpc) is 3.22. The monoisotopic (exact) mass is 542 g/mol. The minimum atomic E-state index is -4.61. The van der Waals surface area contributed by atoms with Crippen molar-refractivity contribution >= 4 is 26.8 Å². The highest BCUT2D eigenvalue weighted by Gasteiger charge is 2.35. The number of anilines is 3. The van der Waals surface area contributed by atoms with E-state index in [1.165, 1.54) is 0 Å². The number of nitrogen functional groups attached to an aromatic ring is 1. The first kappa shape index (κ1) is 27.1. The molecule has 13 heteroatoms. The van der Waals surface area contributed by atoms with E-state index in [4.69, 9.17) is 10.5 Å². The van der Waals surface area contributed by atoms with Gasteiger partial charge in [0.15, 0.2) is 0 Å². The van der Waals surface area contributed by atoms with E-state index in [1.807, 2.05) is 4.90 Å². The Morgan fingerprint density at radius 1 is 1.19 bits per heavy atom. The maximum atomic E-state index is 14.0. The molecule has 37 heavy (non-hydrogen) atoms. The molecule has 1 fully saturated rings. The van der Waals surface area contributed by atoms with Gasteiger partial charge in [0.05, 0.1) is 5.56 Å². The van der Waals surface area contributed by atoms with Crippen molar-refractivity contribution in [3.8, 4) is 16.9 Å². The quantitative estimate of drug-likeness (QED) is 0.245. The summed E-state index contributed by atoms with van der Waals surface area (Å²) in [4.78, 5) is 5.81. The lowest BCUT2D eigenvalue weighted by Crippen LogP contribution is -2.42. The summed E-state index contributed by atoms with van der Waals surface area (Å²) in [5, 5.41) is 8.94. The van der Waals surface area contributed by atoms with E-state index in [9.17, 15) is 22.0 Å². The highest BCUT2D eigenvalue weighted by Crippen LogP contribution is 2.41. The summed E-state index contributed by atoms with van der Waals surface area (Å²) in [6.07, 6.45) is -3.44. The van der Waals surface area contributed by atoms with Crippen LogP contribution in [0.25, 0.3) is 11.1 Å². The number of hydrogen-bond donors (Lipinski definition) is 3. The van der Waals surface area contributed by atoms with Crippen molar-refractivity contribution in [2.75, 3.05) is 30.7 Å². The molecule has 0 bridgehead atoms. The lowest BCUT2D eigenvalue weighted by molar-refractivity contribution is -0.137. The zero-order valence-corrected chi connectivity index (χ0v) is 21.2. The third-order valence-corrected chi connectivity index (χ3v) is 6.36. The zero-order chi connectivity index (χ0) is 26.8. The minimum Gasteiger partial charge on any atom is -0.489 e. The normalized spacial score (nSPS) is 17.1. The van der Waals surface area contributed by atoms with E-state index in [-0.39, 0.29) is 42.2 Å². The second-order valence-electron chi connectivity index (χ2n) is 9.10. The molecule has 2 heterocycles. The molecular formula is C24H28F5N6OP. The number of ether oxygens (including phenoxy) is 1. The molecule has 1 aliphatic heterocycles. The van der Waals surface area contributed by atoms with Crippen LogP contribution in [0.5, 0.6) is 5.75 Å². The first-order valence-corrected chi connectivity index (χ1v) is 12.3. The Balaban J connectivity index is 1.50. The molecule has 1 saturated heterocycles. The Morgan fingerprint density at radius 3 is 2.54 bits per heavy atom. The topological polar surface area (TPSA) is 92.1 Å². The summed E-state index contributed by atoms with van der Waals surface area (Å²) >= 11 is 0. The van der Waals surface area contributed by atoms with Crippen LogP contribution in [0.15, 0.2) is 36.4 Å². The second-order valence-corrected chi connectivity index (χ2v) is 9.95. The second kappa shape index (κ2) is 10.8. The van der Waals surface area contributed by atoms with Gasteiger partial charge in [0.25, 0.3) is 5.66 Å². The number of likely N-dealkylation sites (tertiary alicyclic amines) is 1. The van der Waals surface area contributed by atoms with Gasteiger partial charge in [0.1, 0.15) is 11.9 Å². The number of nitrogens with two attached hydrogens (primary N) is 1. The van der Waals surface area contributed by atoms with Gasteiger partial charge >= 0.3 is 6.18 Å². The zero-order valence-electron chi connectivity index (χ0n) is 20.1. The fourth-order valence-corrected chi connectivity index (χ4v) is 4.57. The highest BCUT2D eigenvalue weighted by atomic mass is 31.0. The Kier molecular flexibility index (Phi) is 7.89. The number of piperidine rings is 1. The van der Waals surface area contributed by atoms with Gasteiger partial charge < -0.3 is 15.8 Å². The lowest BCUT2D eigenvalue weighted by Gasteiger charge is -2.33. The van der Waals surface area contributed by atoms with Crippen LogP contribution in [0.1, 0.15) is 30.4 Å². The molecule has 0 saturated carbocycles. The van der Waals surface area contributed by atoms with Crippen LogP contribution < -0.4 is 15.8 Å². The molecule has 4 rings (SSSR count). The minimum absolute atomic E-state index is 0.0386. The molecule has 1 aromatic heterocycles. The van der Waals surface area contributed by atoms with Crippen molar-refractivity contribution in [1.82, 2.24) is 20.1 Å². The summed E-state index contributed by atoms with van der Waals surface area (Å²) in [7, 11) is 1.56. The van der Waals surface area contributed by atoms with E-state index < -0.39 is 17.4 Å². The highest BCUT2D eigenvalue weighted by molar-refractivity contribution is 7.18. The van der Waals surface area contributed by atoms with Crippen LogP contribution >= 0.6 is 9.24 Å². The van der Waals surface area contributed by atoms with E-state index >= 15 is 0 Å². The first-order valence-electron chi connectivity index (χ1n) is 11.7. The largest absolute Gasteiger partial charge is 0.489 e. The SMILES string of the molecule is Cc1cc(Nc2n[nH]c(N)n2)cc(C(F)(F)F)c1-c1ccc(OC2CCCN(CCC(F)(F)P)C2)cc1. The van der Waals surface area contributed by atoms with E-state index in [0.29, 0.717) is 23.4 Å². The smallest absolute Gasteiger partial charge is 0.417 e. The van der Waals surface area contributed by atoms with Crippen LogP contribution in [0, 0.1) is 6.92 Å². The predicted molar refractivity (Wildman–Crippen MR) is 135 cm³/mol. The summed E-state index contributed by atoms with van der Waals surface area (Å²) in [6, 6.07) is 9.03. The summed E-state index contributed by atoms with van der Waals surface area (Å²) in [5.74, 6) is 0.609. The average molecular weight is 542 g/mol. The third kappa shape index (κ3) is 7.29. The molecular weight excluding hydrogens is 514 g/mol. The number of H-pyrrole nitrogens is 1. The van der Waals surface area contributed by atoms with Gasteiger partial charge in [-0.15, -0.1) is 5.10 Å². The Morgan fingerprint density at radius 2 is 1.92 bits per heavy atom. The van der Waals surface area contributed by atoms with E-state index in [0.717, 1.165) is 25.5 Å². The molecule has 2 atom stereocenters. The number of halogens is 5. The molecule has 3 aromatic rings. The molecule has 0 radical (unpaired) electrons. The van der Waals surface area contributed by atoms with E-state index in [2.05, 4.69) is 20.5 Å². The predicted octanol–water partition coefficient (Wildman–Crippen LogP) is 5.83.